The van der Waals surface area contributed by atoms with Crippen LogP contribution in [0.4, 0.5) is 0 Å². The van der Waals surface area contributed by atoms with Crippen molar-refractivity contribution in [3.8, 4) is 5.75 Å². The van der Waals surface area contributed by atoms with Crippen LogP contribution in [-0.4, -0.2) is 49.5 Å². The number of methoxy groups -OCH3 is 1. The largest absolute Gasteiger partial charge is 0.497 e. The molecule has 0 spiro atoms. The highest BCUT2D eigenvalue weighted by Gasteiger charge is 2.37. The molecule has 0 atom stereocenters. The molecular weight excluding hydrogens is 426 g/mol. The minimum Gasteiger partial charge on any atom is -0.497 e. The van der Waals surface area contributed by atoms with Crippen molar-refractivity contribution in [2.75, 3.05) is 21.2 Å². The first-order valence-electron chi connectivity index (χ1n) is 12.2. The van der Waals surface area contributed by atoms with Gasteiger partial charge in [0, 0.05) is 31.0 Å². The molecule has 0 aromatic heterocycles. The lowest BCUT2D eigenvalue weighted by Gasteiger charge is -2.45. The maximum Gasteiger partial charge on any atom is 0.220 e. The predicted octanol–water partition coefficient (Wildman–Crippen LogP) is 4.00. The van der Waals surface area contributed by atoms with Gasteiger partial charge in [-0.25, -0.2) is 0 Å². The number of carbonyl (C=O) groups is 2. The maximum atomic E-state index is 12.5. The molecule has 0 heterocycles. The molecular formula is C28H39N3O3. The van der Waals surface area contributed by atoms with E-state index in [0.717, 1.165) is 43.4 Å². The minimum atomic E-state index is -0.112. The normalized spacial score (nSPS) is 20.1. The summed E-state index contributed by atoms with van der Waals surface area (Å²) in [4.78, 5) is 27.0. The lowest BCUT2D eigenvalue weighted by molar-refractivity contribution is -0.127. The Morgan fingerprint density at radius 2 is 1.68 bits per heavy atom. The molecule has 0 unspecified atom stereocenters. The molecule has 34 heavy (non-hydrogen) atoms. The first kappa shape index (κ1) is 25.8. The number of hydrogen-bond donors (Lipinski definition) is 2. The van der Waals surface area contributed by atoms with Gasteiger partial charge in [-0.05, 0) is 76.4 Å². The monoisotopic (exact) mass is 465 g/mol. The van der Waals surface area contributed by atoms with Gasteiger partial charge in [-0.15, -0.1) is 0 Å². The standard InChI is InChI=1S/C28H39N3O3/c1-21-6-5-7-23(18-21)19-28(31(2)3)16-14-24(15-17-28)30-27(33)13-12-26(32)29-20-22-8-10-25(34-4)11-9-22/h5-11,18,24H,12-17,19-20H2,1-4H3,(H,29,32)(H,30,33). The quantitative estimate of drug-likeness (QED) is 0.556. The predicted molar refractivity (Wildman–Crippen MR) is 136 cm³/mol. The van der Waals surface area contributed by atoms with Crippen molar-refractivity contribution in [3.63, 3.8) is 0 Å². The Balaban J connectivity index is 1.40. The Kier molecular flexibility index (Phi) is 9.11. The van der Waals surface area contributed by atoms with E-state index in [-0.39, 0.29) is 36.2 Å². The molecule has 1 aliphatic rings. The van der Waals surface area contributed by atoms with E-state index in [4.69, 9.17) is 4.74 Å². The molecule has 6 nitrogen and oxygen atoms in total. The SMILES string of the molecule is COc1ccc(CNC(=O)CCC(=O)NC2CCC(Cc3cccc(C)c3)(N(C)C)CC2)cc1. The van der Waals surface area contributed by atoms with Crippen LogP contribution in [0.1, 0.15) is 55.2 Å². The van der Waals surface area contributed by atoms with E-state index < -0.39 is 0 Å². The van der Waals surface area contributed by atoms with Gasteiger partial charge in [0.2, 0.25) is 11.8 Å². The molecule has 0 aliphatic heterocycles. The molecule has 2 N–H and O–H groups in total. The molecule has 0 saturated heterocycles. The number of ether oxygens (including phenoxy) is 1. The van der Waals surface area contributed by atoms with Gasteiger partial charge < -0.3 is 20.3 Å². The first-order chi connectivity index (χ1) is 16.3. The summed E-state index contributed by atoms with van der Waals surface area (Å²) in [5.41, 5.74) is 3.78. The summed E-state index contributed by atoms with van der Waals surface area (Å²) in [6, 6.07) is 16.5. The van der Waals surface area contributed by atoms with Gasteiger partial charge in [0.1, 0.15) is 5.75 Å². The molecule has 3 rings (SSSR count). The highest BCUT2D eigenvalue weighted by Crippen LogP contribution is 2.35. The molecule has 6 heteroatoms. The van der Waals surface area contributed by atoms with Gasteiger partial charge in [0.15, 0.2) is 0 Å². The van der Waals surface area contributed by atoms with Crippen LogP contribution >= 0.6 is 0 Å². The summed E-state index contributed by atoms with van der Waals surface area (Å²) in [6.45, 7) is 2.58. The maximum absolute atomic E-state index is 12.5. The van der Waals surface area contributed by atoms with Crippen molar-refractivity contribution in [1.82, 2.24) is 15.5 Å². The van der Waals surface area contributed by atoms with Crippen LogP contribution in [0.15, 0.2) is 48.5 Å². The number of aryl methyl sites for hydroxylation is 1. The van der Waals surface area contributed by atoms with Crippen molar-refractivity contribution in [2.45, 2.75) is 70.0 Å². The molecule has 1 aliphatic carbocycles. The Morgan fingerprint density at radius 1 is 1.00 bits per heavy atom. The third-order valence-electron chi connectivity index (χ3n) is 7.07. The number of benzene rings is 2. The zero-order valence-corrected chi connectivity index (χ0v) is 21.0. The van der Waals surface area contributed by atoms with E-state index in [0.29, 0.717) is 6.54 Å². The first-order valence-corrected chi connectivity index (χ1v) is 12.2. The Hall–Kier alpha value is -2.86. The van der Waals surface area contributed by atoms with E-state index in [2.05, 4.69) is 60.8 Å². The number of likely N-dealkylation sites (N-methyl/N-ethyl adjacent to an activating group) is 1. The van der Waals surface area contributed by atoms with Gasteiger partial charge in [0.25, 0.3) is 0 Å². The highest BCUT2D eigenvalue weighted by atomic mass is 16.5. The van der Waals surface area contributed by atoms with Crippen LogP contribution in [0.2, 0.25) is 0 Å². The summed E-state index contributed by atoms with van der Waals surface area (Å²) in [5, 5.41) is 6.04. The number of rotatable bonds is 10. The minimum absolute atomic E-state index is 0.0411. The average Bonchev–Trinajstić information content (AvgIpc) is 2.83. The van der Waals surface area contributed by atoms with Crippen LogP contribution in [0, 0.1) is 6.92 Å². The summed E-state index contributed by atoms with van der Waals surface area (Å²) in [6.07, 6.45) is 5.44. The summed E-state index contributed by atoms with van der Waals surface area (Å²) in [5.74, 6) is 0.632. The molecule has 184 valence electrons. The second-order valence-corrected chi connectivity index (χ2v) is 9.75. The van der Waals surface area contributed by atoms with Gasteiger partial charge in [-0.3, -0.25) is 9.59 Å². The van der Waals surface area contributed by atoms with Crippen molar-refractivity contribution in [2.24, 2.45) is 0 Å². The van der Waals surface area contributed by atoms with Crippen molar-refractivity contribution in [3.05, 3.63) is 65.2 Å². The fourth-order valence-electron chi connectivity index (χ4n) is 4.84. The van der Waals surface area contributed by atoms with E-state index in [1.54, 1.807) is 7.11 Å². The zero-order valence-electron chi connectivity index (χ0n) is 21.0. The average molecular weight is 466 g/mol. The van der Waals surface area contributed by atoms with Crippen LogP contribution < -0.4 is 15.4 Å². The smallest absolute Gasteiger partial charge is 0.220 e. The number of hydrogen-bond acceptors (Lipinski definition) is 4. The topological polar surface area (TPSA) is 70.7 Å². The summed E-state index contributed by atoms with van der Waals surface area (Å²) < 4.78 is 5.14. The third kappa shape index (κ3) is 7.32. The lowest BCUT2D eigenvalue weighted by atomic mass is 9.74. The second-order valence-electron chi connectivity index (χ2n) is 9.75. The summed E-state index contributed by atoms with van der Waals surface area (Å²) in [7, 11) is 5.96. The molecule has 1 saturated carbocycles. The number of carbonyl (C=O) groups excluding carboxylic acids is 2. The van der Waals surface area contributed by atoms with Crippen molar-refractivity contribution < 1.29 is 14.3 Å². The Labute approximate surface area is 204 Å². The molecule has 0 bridgehead atoms. The third-order valence-corrected chi connectivity index (χ3v) is 7.07. The van der Waals surface area contributed by atoms with Crippen LogP contribution in [0.5, 0.6) is 5.75 Å². The number of nitrogens with one attached hydrogen (secondary N) is 2. The van der Waals surface area contributed by atoms with E-state index in [1.807, 2.05) is 24.3 Å². The fourth-order valence-corrected chi connectivity index (χ4v) is 4.84. The molecule has 0 radical (unpaired) electrons. The van der Waals surface area contributed by atoms with Crippen molar-refractivity contribution >= 4 is 11.8 Å². The summed E-state index contributed by atoms with van der Waals surface area (Å²) >= 11 is 0. The van der Waals surface area contributed by atoms with Crippen LogP contribution in [0.25, 0.3) is 0 Å². The van der Waals surface area contributed by atoms with E-state index in [1.165, 1.54) is 11.1 Å². The van der Waals surface area contributed by atoms with Gasteiger partial charge in [-0.1, -0.05) is 42.0 Å². The number of amides is 2. The second kappa shape index (κ2) is 12.0. The van der Waals surface area contributed by atoms with Crippen LogP contribution in [-0.2, 0) is 22.6 Å². The highest BCUT2D eigenvalue weighted by molar-refractivity contribution is 5.83. The Bertz CT molecular complexity index is 948. The van der Waals surface area contributed by atoms with Gasteiger partial charge >= 0.3 is 0 Å². The molecule has 1 fully saturated rings. The van der Waals surface area contributed by atoms with Gasteiger partial charge in [0.05, 0.1) is 7.11 Å². The zero-order chi connectivity index (χ0) is 24.6. The van der Waals surface area contributed by atoms with Gasteiger partial charge in [-0.2, -0.15) is 0 Å². The van der Waals surface area contributed by atoms with E-state index in [9.17, 15) is 9.59 Å². The Morgan fingerprint density at radius 3 is 2.29 bits per heavy atom. The molecule has 2 amide bonds. The lowest BCUT2D eigenvalue weighted by Crippen LogP contribution is -2.52. The molecule has 2 aromatic rings. The van der Waals surface area contributed by atoms with Crippen LogP contribution in [0.3, 0.4) is 0 Å². The van der Waals surface area contributed by atoms with Crippen molar-refractivity contribution in [1.29, 1.82) is 0 Å². The number of nitrogens with zero attached hydrogens (tertiary/aromatic N) is 1. The fraction of sp³-hybridized carbons (Fsp3) is 0.500. The van der Waals surface area contributed by atoms with E-state index >= 15 is 0 Å². The molecule has 2 aromatic carbocycles.